The van der Waals surface area contributed by atoms with E-state index in [1.165, 1.54) is 11.3 Å². The zero-order chi connectivity index (χ0) is 12.1. The topological polar surface area (TPSA) is 68.9 Å². The minimum Gasteiger partial charge on any atom is -0.391 e. The molecular weight excluding hydrogens is 246 g/mol. The number of hydrogen-bond acceptors (Lipinski definition) is 5. The van der Waals surface area contributed by atoms with Gasteiger partial charge < -0.3 is 10.4 Å². The molecule has 0 bridgehead atoms. The molecule has 1 unspecified atom stereocenters. The van der Waals surface area contributed by atoms with E-state index < -0.39 is 6.10 Å². The van der Waals surface area contributed by atoms with Crippen LogP contribution in [0.4, 0.5) is 5.13 Å². The second-order valence-corrected chi connectivity index (χ2v) is 5.27. The number of hydrogen-bond donors (Lipinski definition) is 2. The van der Waals surface area contributed by atoms with E-state index >= 15 is 0 Å². The third kappa shape index (κ3) is 3.97. The van der Waals surface area contributed by atoms with Gasteiger partial charge in [0.1, 0.15) is 10.9 Å². The molecule has 0 spiro atoms. The number of nitrogens with one attached hydrogen (secondary N) is 1. The smallest absolute Gasteiger partial charge is 0.185 e. The Hall–Kier alpha value is -0.830. The molecule has 0 fully saturated rings. The molecule has 6 heteroatoms. The van der Waals surface area contributed by atoms with Gasteiger partial charge in [0.25, 0.3) is 0 Å². The Kier molecular flexibility index (Phi) is 5.00. The summed E-state index contributed by atoms with van der Waals surface area (Å²) in [5, 5.41) is 22.1. The molecule has 0 saturated carbocycles. The van der Waals surface area contributed by atoms with Gasteiger partial charge in [0.2, 0.25) is 0 Å². The van der Waals surface area contributed by atoms with Crippen molar-refractivity contribution in [2.75, 3.05) is 11.9 Å². The first-order valence-electron chi connectivity index (χ1n) is 5.01. The Bertz CT molecular complexity index is 386. The van der Waals surface area contributed by atoms with Crippen molar-refractivity contribution in [3.8, 4) is 6.07 Å². The van der Waals surface area contributed by atoms with Crippen LogP contribution in [0, 0.1) is 17.2 Å². The molecular formula is C10H14ClN3OS. The van der Waals surface area contributed by atoms with Crippen molar-refractivity contribution in [3.05, 3.63) is 10.0 Å². The quantitative estimate of drug-likeness (QED) is 0.852. The first kappa shape index (κ1) is 13.2. The minimum atomic E-state index is -0.409. The SMILES string of the molecule is CC(C)CC(O)CNc1nc(Cl)c(C#N)s1. The average Bonchev–Trinajstić information content (AvgIpc) is 2.55. The van der Waals surface area contributed by atoms with Crippen molar-refractivity contribution in [3.63, 3.8) is 0 Å². The van der Waals surface area contributed by atoms with E-state index in [2.05, 4.69) is 24.1 Å². The summed E-state index contributed by atoms with van der Waals surface area (Å²) in [5.74, 6) is 0.450. The van der Waals surface area contributed by atoms with E-state index in [4.69, 9.17) is 16.9 Å². The summed E-state index contributed by atoms with van der Waals surface area (Å²) in [4.78, 5) is 4.36. The third-order valence-corrected chi connectivity index (χ3v) is 3.22. The molecule has 16 heavy (non-hydrogen) atoms. The number of nitrogens with zero attached hydrogens (tertiary/aromatic N) is 2. The molecule has 0 aliphatic heterocycles. The van der Waals surface area contributed by atoms with Crippen molar-refractivity contribution in [2.45, 2.75) is 26.4 Å². The predicted molar refractivity (Wildman–Crippen MR) is 65.8 cm³/mol. The molecule has 0 radical (unpaired) electrons. The summed E-state index contributed by atoms with van der Waals surface area (Å²) in [6.07, 6.45) is 0.324. The van der Waals surface area contributed by atoms with Gasteiger partial charge in [-0.2, -0.15) is 5.26 Å². The van der Waals surface area contributed by atoms with Crippen molar-refractivity contribution >= 4 is 28.1 Å². The highest BCUT2D eigenvalue weighted by Crippen LogP contribution is 2.25. The lowest BCUT2D eigenvalue weighted by molar-refractivity contribution is 0.161. The Morgan fingerprint density at radius 3 is 2.81 bits per heavy atom. The van der Waals surface area contributed by atoms with Crippen molar-refractivity contribution in [1.29, 1.82) is 5.26 Å². The molecule has 2 N–H and O–H groups in total. The van der Waals surface area contributed by atoms with Gasteiger partial charge in [-0.05, 0) is 12.3 Å². The lowest BCUT2D eigenvalue weighted by atomic mass is 10.1. The van der Waals surface area contributed by atoms with Crippen molar-refractivity contribution in [1.82, 2.24) is 4.98 Å². The minimum absolute atomic E-state index is 0.216. The van der Waals surface area contributed by atoms with Crippen LogP contribution in [0.25, 0.3) is 0 Å². The zero-order valence-corrected chi connectivity index (χ0v) is 10.8. The van der Waals surface area contributed by atoms with Crippen LogP contribution in [0.5, 0.6) is 0 Å². The van der Waals surface area contributed by atoms with Crippen molar-refractivity contribution < 1.29 is 5.11 Å². The number of aliphatic hydroxyl groups is 1. The molecule has 88 valence electrons. The summed E-state index contributed by atoms with van der Waals surface area (Å²) in [5.41, 5.74) is 0. The van der Waals surface area contributed by atoms with Crippen LogP contribution >= 0.6 is 22.9 Å². The van der Waals surface area contributed by atoms with Gasteiger partial charge in [-0.1, -0.05) is 36.8 Å². The standard InChI is InChI=1S/C10H14ClN3OS/c1-6(2)3-7(15)5-13-10-14-9(11)8(4-12)16-10/h6-7,15H,3,5H2,1-2H3,(H,13,14). The molecule has 0 aromatic carbocycles. The molecule has 1 aromatic heterocycles. The number of halogens is 1. The van der Waals surface area contributed by atoms with Crippen LogP contribution in [0.2, 0.25) is 5.15 Å². The summed E-state index contributed by atoms with van der Waals surface area (Å²) in [6, 6.07) is 1.96. The van der Waals surface area contributed by atoms with Gasteiger partial charge in [-0.3, -0.25) is 0 Å². The molecule has 1 heterocycles. The fourth-order valence-electron chi connectivity index (χ4n) is 1.28. The van der Waals surface area contributed by atoms with Crippen molar-refractivity contribution in [2.24, 2.45) is 5.92 Å². The number of anilines is 1. The number of rotatable bonds is 5. The van der Waals surface area contributed by atoms with Crippen LogP contribution in [0.1, 0.15) is 25.1 Å². The molecule has 1 atom stereocenters. The maximum atomic E-state index is 9.63. The van der Waals surface area contributed by atoms with Crippen LogP contribution in [-0.2, 0) is 0 Å². The largest absolute Gasteiger partial charge is 0.391 e. The van der Waals surface area contributed by atoms with E-state index in [9.17, 15) is 5.11 Å². The highest BCUT2D eigenvalue weighted by Gasteiger charge is 2.11. The molecule has 0 amide bonds. The monoisotopic (exact) mass is 259 g/mol. The van der Waals surface area contributed by atoms with E-state index in [0.29, 0.717) is 22.5 Å². The second-order valence-electron chi connectivity index (χ2n) is 3.92. The fraction of sp³-hybridized carbons (Fsp3) is 0.600. The number of aromatic nitrogens is 1. The van der Waals surface area contributed by atoms with E-state index in [0.717, 1.165) is 6.42 Å². The van der Waals surface area contributed by atoms with Crippen LogP contribution < -0.4 is 5.32 Å². The molecule has 0 aliphatic carbocycles. The van der Waals surface area contributed by atoms with Crippen LogP contribution in [-0.4, -0.2) is 22.7 Å². The van der Waals surface area contributed by atoms with Crippen LogP contribution in [0.15, 0.2) is 0 Å². The lowest BCUT2D eigenvalue weighted by Crippen LogP contribution is -2.21. The van der Waals surface area contributed by atoms with Gasteiger partial charge in [0.05, 0.1) is 6.10 Å². The van der Waals surface area contributed by atoms with E-state index in [1.807, 2.05) is 6.07 Å². The number of aliphatic hydroxyl groups excluding tert-OH is 1. The molecule has 1 rings (SSSR count). The predicted octanol–water partition coefficient (Wildman–Crippen LogP) is 2.49. The van der Waals surface area contributed by atoms with Gasteiger partial charge in [-0.15, -0.1) is 0 Å². The molecule has 0 saturated heterocycles. The second kappa shape index (κ2) is 6.04. The van der Waals surface area contributed by atoms with E-state index in [1.54, 1.807) is 0 Å². The Morgan fingerprint density at radius 2 is 2.31 bits per heavy atom. The average molecular weight is 260 g/mol. The summed E-state index contributed by atoms with van der Waals surface area (Å²) in [6.45, 7) is 4.53. The Labute approximate surface area is 104 Å². The number of nitriles is 1. The Morgan fingerprint density at radius 1 is 1.62 bits per heavy atom. The lowest BCUT2D eigenvalue weighted by Gasteiger charge is -2.12. The maximum Gasteiger partial charge on any atom is 0.185 e. The summed E-state index contributed by atoms with van der Waals surface area (Å²) >= 11 is 6.91. The molecule has 0 aliphatic rings. The summed E-state index contributed by atoms with van der Waals surface area (Å²) < 4.78 is 0. The Balaban J connectivity index is 2.46. The molecule has 1 aromatic rings. The fourth-order valence-corrected chi connectivity index (χ4v) is 2.23. The molecule has 4 nitrogen and oxygen atoms in total. The van der Waals surface area contributed by atoms with Gasteiger partial charge >= 0.3 is 0 Å². The number of thiazole rings is 1. The normalized spacial score (nSPS) is 12.5. The van der Waals surface area contributed by atoms with Crippen LogP contribution in [0.3, 0.4) is 0 Å². The maximum absolute atomic E-state index is 9.63. The van der Waals surface area contributed by atoms with E-state index in [-0.39, 0.29) is 5.15 Å². The highest BCUT2D eigenvalue weighted by atomic mass is 35.5. The first-order valence-corrected chi connectivity index (χ1v) is 6.20. The zero-order valence-electron chi connectivity index (χ0n) is 9.20. The van der Waals surface area contributed by atoms with Gasteiger partial charge in [0, 0.05) is 6.54 Å². The van der Waals surface area contributed by atoms with Gasteiger partial charge in [-0.25, -0.2) is 4.98 Å². The highest BCUT2D eigenvalue weighted by molar-refractivity contribution is 7.16. The summed E-state index contributed by atoms with van der Waals surface area (Å²) in [7, 11) is 0. The third-order valence-electron chi connectivity index (χ3n) is 1.92. The first-order chi connectivity index (χ1) is 7.52. The van der Waals surface area contributed by atoms with Gasteiger partial charge in [0.15, 0.2) is 10.3 Å².